The second-order valence-electron chi connectivity index (χ2n) is 9.10. The maximum atomic E-state index is 13.7. The minimum atomic E-state index is -1.33. The van der Waals surface area contributed by atoms with Crippen LogP contribution in [0.3, 0.4) is 0 Å². The summed E-state index contributed by atoms with van der Waals surface area (Å²) in [6, 6.07) is 11.2. The second-order valence-corrected chi connectivity index (χ2v) is 10.8. The molecular weight excluding hydrogens is 438 g/mol. The van der Waals surface area contributed by atoms with Crippen LogP contribution in [-0.4, -0.2) is 54.3 Å². The van der Waals surface area contributed by atoms with E-state index in [0.717, 1.165) is 22.4 Å². The number of hydrogen-bond acceptors (Lipinski definition) is 6. The Balaban J connectivity index is 1.59. The number of pyridine rings is 1. The normalized spacial score (nSPS) is 15.9. The predicted octanol–water partition coefficient (Wildman–Crippen LogP) is 4.23. The lowest BCUT2D eigenvalue weighted by molar-refractivity contribution is 0.0218. The molecule has 0 saturated carbocycles. The molecule has 1 amide bonds. The van der Waals surface area contributed by atoms with Crippen LogP contribution in [0, 0.1) is 0 Å². The van der Waals surface area contributed by atoms with Gasteiger partial charge in [0, 0.05) is 47.5 Å². The van der Waals surface area contributed by atoms with Gasteiger partial charge in [0.25, 0.3) is 0 Å². The average Bonchev–Trinajstić information content (AvgIpc) is 3.24. The summed E-state index contributed by atoms with van der Waals surface area (Å²) in [4.78, 5) is 18.2. The number of benzene rings is 1. The number of rotatable bonds is 4. The first-order chi connectivity index (χ1) is 15.7. The summed E-state index contributed by atoms with van der Waals surface area (Å²) in [5, 5.41) is 8.06. The van der Waals surface area contributed by atoms with Crippen molar-refractivity contribution in [3.05, 3.63) is 48.8 Å². The number of anilines is 1. The largest absolute Gasteiger partial charge is 0.444 e. The highest BCUT2D eigenvalue weighted by atomic mass is 32.2. The Bertz CT molecular complexity index is 1130. The van der Waals surface area contributed by atoms with Crippen LogP contribution in [-0.2, 0) is 15.5 Å². The summed E-state index contributed by atoms with van der Waals surface area (Å²) in [5.74, 6) is 0. The molecule has 4 rings (SSSR count). The third kappa shape index (κ3) is 5.24. The zero-order chi connectivity index (χ0) is 23.6. The number of nitrogens with one attached hydrogen (secondary N) is 1. The molecule has 1 unspecified atom stereocenters. The summed E-state index contributed by atoms with van der Waals surface area (Å²) in [7, 11) is -1.33. The van der Waals surface area contributed by atoms with Crippen molar-refractivity contribution in [1.29, 1.82) is 0 Å². The molecular formula is C24H29N5O3S. The van der Waals surface area contributed by atoms with Gasteiger partial charge in [0.1, 0.15) is 16.3 Å². The fraction of sp³-hybridized carbons (Fsp3) is 0.375. The highest BCUT2D eigenvalue weighted by Crippen LogP contribution is 2.36. The van der Waals surface area contributed by atoms with Gasteiger partial charge in [0.2, 0.25) is 0 Å². The molecule has 3 aromatic rings. The number of nitrogens with two attached hydrogens (primary N) is 1. The third-order valence-electron chi connectivity index (χ3n) is 5.48. The zero-order valence-corrected chi connectivity index (χ0v) is 19.9. The summed E-state index contributed by atoms with van der Waals surface area (Å²) < 4.78 is 19.1. The van der Waals surface area contributed by atoms with Crippen molar-refractivity contribution < 1.29 is 13.7 Å². The smallest absolute Gasteiger partial charge is 0.410 e. The van der Waals surface area contributed by atoms with Crippen LogP contribution in [0.5, 0.6) is 0 Å². The van der Waals surface area contributed by atoms with E-state index < -0.39 is 16.4 Å². The topological polar surface area (TPSA) is 114 Å². The monoisotopic (exact) mass is 467 g/mol. The molecule has 1 aromatic carbocycles. The molecule has 2 aromatic heterocycles. The first-order valence-electron chi connectivity index (χ1n) is 11.0. The maximum absolute atomic E-state index is 13.7. The summed E-state index contributed by atoms with van der Waals surface area (Å²) in [6.07, 6.45) is 4.34. The van der Waals surface area contributed by atoms with Gasteiger partial charge in [-0.15, -0.1) is 0 Å². The quantitative estimate of drug-likeness (QED) is 0.555. The number of carbonyl (C=O) groups excluding carboxylic acids is 1. The lowest BCUT2D eigenvalue weighted by Gasteiger charge is -2.33. The van der Waals surface area contributed by atoms with Gasteiger partial charge in [-0.2, -0.15) is 5.10 Å². The molecule has 0 bridgehead atoms. The minimum Gasteiger partial charge on any atom is -0.444 e. The number of nitrogen functional groups attached to an aromatic ring is 1. The SMILES string of the molecule is CC(C)(C)OC(=O)N1CCC(S(=O)c2[nH]nc(-c3ccc(N)cc3)c2-c2ccncc2)CC1. The Hall–Kier alpha value is -3.20. The maximum Gasteiger partial charge on any atom is 0.410 e. The van der Waals surface area contributed by atoms with E-state index in [0.29, 0.717) is 36.6 Å². The van der Waals surface area contributed by atoms with Crippen molar-refractivity contribution in [1.82, 2.24) is 20.1 Å². The van der Waals surface area contributed by atoms with Gasteiger partial charge in [-0.3, -0.25) is 14.3 Å². The third-order valence-corrected chi connectivity index (χ3v) is 7.26. The number of ether oxygens (including phenoxy) is 1. The lowest BCUT2D eigenvalue weighted by Crippen LogP contribution is -2.43. The van der Waals surface area contributed by atoms with E-state index in [2.05, 4.69) is 15.2 Å². The average molecular weight is 468 g/mol. The van der Waals surface area contributed by atoms with E-state index in [9.17, 15) is 9.00 Å². The zero-order valence-electron chi connectivity index (χ0n) is 19.1. The van der Waals surface area contributed by atoms with Crippen LogP contribution in [0.1, 0.15) is 33.6 Å². The Morgan fingerprint density at radius 3 is 2.33 bits per heavy atom. The van der Waals surface area contributed by atoms with Gasteiger partial charge >= 0.3 is 6.09 Å². The van der Waals surface area contributed by atoms with Crippen LogP contribution in [0.2, 0.25) is 0 Å². The fourth-order valence-corrected chi connectivity index (χ4v) is 5.38. The van der Waals surface area contributed by atoms with Gasteiger partial charge in [0.15, 0.2) is 0 Å². The van der Waals surface area contributed by atoms with E-state index in [1.165, 1.54) is 0 Å². The molecule has 0 aliphatic carbocycles. The van der Waals surface area contributed by atoms with Crippen molar-refractivity contribution in [2.45, 2.75) is 49.5 Å². The number of aromatic nitrogens is 3. The number of carbonyl (C=O) groups is 1. The molecule has 1 aliphatic rings. The van der Waals surface area contributed by atoms with Crippen LogP contribution in [0.4, 0.5) is 10.5 Å². The van der Waals surface area contributed by atoms with E-state index in [-0.39, 0.29) is 11.3 Å². The molecule has 1 atom stereocenters. The van der Waals surface area contributed by atoms with E-state index in [1.54, 1.807) is 17.3 Å². The van der Waals surface area contributed by atoms with Gasteiger partial charge in [0.05, 0.1) is 10.8 Å². The molecule has 33 heavy (non-hydrogen) atoms. The number of aromatic amines is 1. The summed E-state index contributed by atoms with van der Waals surface area (Å²) in [6.45, 7) is 6.57. The second kappa shape index (κ2) is 9.35. The molecule has 1 fully saturated rings. The first kappa shape index (κ1) is 23.0. The van der Waals surface area contributed by atoms with Crippen molar-refractivity contribution >= 4 is 22.6 Å². The van der Waals surface area contributed by atoms with Crippen LogP contribution < -0.4 is 5.73 Å². The Morgan fingerprint density at radius 1 is 1.09 bits per heavy atom. The van der Waals surface area contributed by atoms with E-state index in [1.807, 2.05) is 57.2 Å². The van der Waals surface area contributed by atoms with E-state index >= 15 is 0 Å². The van der Waals surface area contributed by atoms with Crippen molar-refractivity contribution in [3.8, 4) is 22.4 Å². The number of amides is 1. The van der Waals surface area contributed by atoms with Gasteiger partial charge < -0.3 is 15.4 Å². The highest BCUT2D eigenvalue weighted by molar-refractivity contribution is 7.85. The standard InChI is InChI=1S/C24H29N5O3S/c1-24(2,3)32-23(30)29-14-10-19(11-15-29)33(31)22-20(16-8-12-26-13-9-16)21(27-28-22)17-4-6-18(25)7-5-17/h4-9,12-13,19H,10-11,14-15,25H2,1-3H3,(H,27,28). The van der Waals surface area contributed by atoms with Crippen molar-refractivity contribution in [3.63, 3.8) is 0 Å². The molecule has 8 nitrogen and oxygen atoms in total. The molecule has 0 radical (unpaired) electrons. The number of likely N-dealkylation sites (tertiary alicyclic amines) is 1. The predicted molar refractivity (Wildman–Crippen MR) is 129 cm³/mol. The Labute approximate surface area is 196 Å². The lowest BCUT2D eigenvalue weighted by atomic mass is 10.0. The molecule has 0 spiro atoms. The highest BCUT2D eigenvalue weighted by Gasteiger charge is 2.32. The molecule has 1 aliphatic heterocycles. The van der Waals surface area contributed by atoms with Crippen LogP contribution >= 0.6 is 0 Å². The first-order valence-corrected chi connectivity index (χ1v) is 12.2. The molecule has 3 heterocycles. The van der Waals surface area contributed by atoms with Gasteiger partial charge in [-0.25, -0.2) is 4.79 Å². The van der Waals surface area contributed by atoms with Gasteiger partial charge in [-0.05, 0) is 63.4 Å². The summed E-state index contributed by atoms with van der Waals surface area (Å²) >= 11 is 0. The number of H-pyrrole nitrogens is 1. The number of piperidine rings is 1. The van der Waals surface area contributed by atoms with E-state index in [4.69, 9.17) is 10.5 Å². The Morgan fingerprint density at radius 2 is 1.73 bits per heavy atom. The minimum absolute atomic E-state index is 0.0935. The molecule has 174 valence electrons. The Kier molecular flexibility index (Phi) is 6.51. The molecule has 3 N–H and O–H groups in total. The van der Waals surface area contributed by atoms with Crippen molar-refractivity contribution in [2.24, 2.45) is 0 Å². The van der Waals surface area contributed by atoms with Gasteiger partial charge in [-0.1, -0.05) is 12.1 Å². The molecule has 9 heteroatoms. The number of nitrogens with zero attached hydrogens (tertiary/aromatic N) is 3. The fourth-order valence-electron chi connectivity index (χ4n) is 3.85. The van der Waals surface area contributed by atoms with Crippen LogP contribution in [0.15, 0.2) is 53.8 Å². The van der Waals surface area contributed by atoms with Crippen LogP contribution in [0.25, 0.3) is 22.4 Å². The molecule has 1 saturated heterocycles. The summed E-state index contributed by atoms with van der Waals surface area (Å²) in [5.41, 5.74) is 9.27. The number of hydrogen-bond donors (Lipinski definition) is 2. The van der Waals surface area contributed by atoms with Crippen molar-refractivity contribution in [2.75, 3.05) is 18.8 Å².